The highest BCUT2D eigenvalue weighted by Crippen LogP contribution is 2.24. The minimum Gasteiger partial charge on any atom is -0.497 e. The van der Waals surface area contributed by atoms with Gasteiger partial charge in [0.1, 0.15) is 17.3 Å². The van der Waals surface area contributed by atoms with E-state index in [4.69, 9.17) is 9.47 Å². The molecule has 2 aromatic carbocycles. The van der Waals surface area contributed by atoms with Crippen LogP contribution in [0.25, 0.3) is 11.4 Å². The number of aromatic nitrogens is 2. The minimum atomic E-state index is -0.224. The van der Waals surface area contributed by atoms with E-state index in [1.165, 1.54) is 7.11 Å². The van der Waals surface area contributed by atoms with Crippen LogP contribution in [0.2, 0.25) is 0 Å². The topological polar surface area (TPSA) is 84.5 Å². The molecule has 3 aromatic rings. The summed E-state index contributed by atoms with van der Waals surface area (Å²) in [6.07, 6.45) is 0.517. The van der Waals surface area contributed by atoms with E-state index in [1.807, 2.05) is 30.3 Å². The summed E-state index contributed by atoms with van der Waals surface area (Å²) in [6.45, 7) is 0.708. The first-order valence-corrected chi connectivity index (χ1v) is 9.29. The molecule has 0 fully saturated rings. The molecular weight excluding hydrogens is 370 g/mol. The number of para-hydroxylation sites is 1. The van der Waals surface area contributed by atoms with Crippen molar-refractivity contribution in [3.8, 4) is 22.9 Å². The van der Waals surface area contributed by atoms with E-state index in [1.54, 1.807) is 30.2 Å². The number of rotatable bonds is 4. The molecule has 7 heteroatoms. The van der Waals surface area contributed by atoms with Gasteiger partial charge in [-0.05, 0) is 36.4 Å². The average molecular weight is 391 g/mol. The summed E-state index contributed by atoms with van der Waals surface area (Å²) in [7, 11) is 3.14. The van der Waals surface area contributed by atoms with Gasteiger partial charge in [-0.25, -0.2) is 4.98 Å². The number of ether oxygens (including phenoxy) is 2. The zero-order valence-electron chi connectivity index (χ0n) is 16.3. The van der Waals surface area contributed by atoms with Crippen LogP contribution < -0.4 is 15.0 Å². The first-order valence-electron chi connectivity index (χ1n) is 9.29. The third-order valence-electron chi connectivity index (χ3n) is 5.06. The molecule has 29 heavy (non-hydrogen) atoms. The van der Waals surface area contributed by atoms with E-state index < -0.39 is 0 Å². The van der Waals surface area contributed by atoms with Crippen molar-refractivity contribution in [3.63, 3.8) is 0 Å². The molecule has 1 aliphatic rings. The quantitative estimate of drug-likeness (QED) is 0.739. The number of hydrogen-bond acceptors (Lipinski definition) is 5. The Morgan fingerprint density at radius 1 is 1.07 bits per heavy atom. The highest BCUT2D eigenvalue weighted by Gasteiger charge is 2.27. The Balaban J connectivity index is 1.61. The molecule has 1 aromatic heterocycles. The second-order valence-electron chi connectivity index (χ2n) is 6.75. The van der Waals surface area contributed by atoms with Crippen LogP contribution in [-0.4, -0.2) is 41.5 Å². The predicted octanol–water partition coefficient (Wildman–Crippen LogP) is 2.65. The smallest absolute Gasteiger partial charge is 0.257 e. The number of fused-ring (bicyclic) bond motifs is 1. The number of amides is 1. The van der Waals surface area contributed by atoms with E-state index in [-0.39, 0.29) is 18.0 Å². The van der Waals surface area contributed by atoms with Gasteiger partial charge in [0.15, 0.2) is 0 Å². The minimum absolute atomic E-state index is 0.160. The Morgan fingerprint density at radius 3 is 2.55 bits per heavy atom. The lowest BCUT2D eigenvalue weighted by Crippen LogP contribution is -2.39. The molecule has 0 aliphatic carbocycles. The molecule has 0 unspecified atom stereocenters. The molecule has 1 N–H and O–H groups in total. The van der Waals surface area contributed by atoms with Gasteiger partial charge in [-0.15, -0.1) is 0 Å². The van der Waals surface area contributed by atoms with Gasteiger partial charge in [-0.2, -0.15) is 0 Å². The standard InChI is InChI=1S/C22H21N3O4/c1-28-15-9-7-14(8-10-15)20-23-18-11-12-25(13-17(18)21(26)24-20)22(27)16-5-3-4-6-19(16)29-2/h3-10H,11-13H2,1-2H3,(H,23,24,26). The summed E-state index contributed by atoms with van der Waals surface area (Å²) in [6, 6.07) is 14.4. The first kappa shape index (κ1) is 18.7. The number of carbonyl (C=O) groups is 1. The van der Waals surface area contributed by atoms with Crippen molar-refractivity contribution in [3.05, 3.63) is 75.7 Å². The van der Waals surface area contributed by atoms with E-state index in [9.17, 15) is 9.59 Å². The molecule has 0 spiro atoms. The van der Waals surface area contributed by atoms with E-state index in [0.717, 1.165) is 17.0 Å². The van der Waals surface area contributed by atoms with Crippen molar-refractivity contribution >= 4 is 5.91 Å². The first-order chi connectivity index (χ1) is 14.1. The number of aromatic amines is 1. The molecule has 1 aliphatic heterocycles. The molecule has 148 valence electrons. The Labute approximate surface area is 167 Å². The number of benzene rings is 2. The van der Waals surface area contributed by atoms with Gasteiger partial charge in [-0.3, -0.25) is 9.59 Å². The molecule has 0 saturated carbocycles. The zero-order chi connectivity index (χ0) is 20.4. The van der Waals surface area contributed by atoms with Crippen LogP contribution in [0.1, 0.15) is 21.6 Å². The van der Waals surface area contributed by atoms with Crippen LogP contribution >= 0.6 is 0 Å². The van der Waals surface area contributed by atoms with Crippen LogP contribution in [0.5, 0.6) is 11.5 Å². The number of nitrogens with zero attached hydrogens (tertiary/aromatic N) is 2. The normalized spacial score (nSPS) is 13.0. The summed E-state index contributed by atoms with van der Waals surface area (Å²) >= 11 is 0. The maximum Gasteiger partial charge on any atom is 0.257 e. The maximum absolute atomic E-state index is 13.0. The number of H-pyrrole nitrogens is 1. The zero-order valence-corrected chi connectivity index (χ0v) is 16.3. The average Bonchev–Trinajstić information content (AvgIpc) is 2.78. The van der Waals surface area contributed by atoms with Crippen LogP contribution in [0.4, 0.5) is 0 Å². The van der Waals surface area contributed by atoms with Crippen LogP contribution in [0, 0.1) is 0 Å². The van der Waals surface area contributed by atoms with E-state index >= 15 is 0 Å². The van der Waals surface area contributed by atoms with E-state index in [0.29, 0.717) is 35.7 Å². The summed E-state index contributed by atoms with van der Waals surface area (Å²) in [5, 5.41) is 0. The van der Waals surface area contributed by atoms with Crippen molar-refractivity contribution in [2.24, 2.45) is 0 Å². The van der Waals surface area contributed by atoms with Gasteiger partial charge in [0.05, 0.1) is 37.6 Å². The SMILES string of the molecule is COc1ccc(-c2nc3c(c(=O)[nH]2)CN(C(=O)c2ccccc2OC)CC3)cc1. The Morgan fingerprint density at radius 2 is 1.83 bits per heavy atom. The molecule has 0 radical (unpaired) electrons. The molecule has 0 atom stereocenters. The summed E-state index contributed by atoms with van der Waals surface area (Å²) in [4.78, 5) is 34.8. The molecule has 1 amide bonds. The van der Waals surface area contributed by atoms with Gasteiger partial charge in [0.25, 0.3) is 11.5 Å². The lowest BCUT2D eigenvalue weighted by molar-refractivity contribution is 0.0729. The third kappa shape index (κ3) is 3.59. The third-order valence-corrected chi connectivity index (χ3v) is 5.06. The Kier molecular flexibility index (Phi) is 5.03. The Bertz CT molecular complexity index is 1110. The van der Waals surface area contributed by atoms with E-state index in [2.05, 4.69) is 9.97 Å². The lowest BCUT2D eigenvalue weighted by Gasteiger charge is -2.28. The largest absolute Gasteiger partial charge is 0.497 e. The maximum atomic E-state index is 13.0. The molecule has 7 nitrogen and oxygen atoms in total. The fraction of sp³-hybridized carbons (Fsp3) is 0.227. The highest BCUT2D eigenvalue weighted by molar-refractivity contribution is 5.97. The molecule has 0 saturated heterocycles. The monoisotopic (exact) mass is 391 g/mol. The molecule has 2 heterocycles. The second-order valence-corrected chi connectivity index (χ2v) is 6.75. The number of carbonyl (C=O) groups excluding carboxylic acids is 1. The summed E-state index contributed by atoms with van der Waals surface area (Å²) in [5.74, 6) is 1.61. The van der Waals surface area contributed by atoms with Crippen molar-refractivity contribution in [2.75, 3.05) is 20.8 Å². The fourth-order valence-corrected chi connectivity index (χ4v) is 3.48. The summed E-state index contributed by atoms with van der Waals surface area (Å²) in [5.41, 5.74) is 2.31. The van der Waals surface area contributed by atoms with Gasteiger partial charge >= 0.3 is 0 Å². The molecular formula is C22H21N3O4. The Hall–Kier alpha value is -3.61. The molecule has 4 rings (SSSR count). The summed E-state index contributed by atoms with van der Waals surface area (Å²) < 4.78 is 10.5. The van der Waals surface area contributed by atoms with Crippen LogP contribution in [-0.2, 0) is 13.0 Å². The van der Waals surface area contributed by atoms with Crippen molar-refractivity contribution < 1.29 is 14.3 Å². The van der Waals surface area contributed by atoms with Crippen LogP contribution in [0.15, 0.2) is 53.3 Å². The number of hydrogen-bond donors (Lipinski definition) is 1. The van der Waals surface area contributed by atoms with Gasteiger partial charge < -0.3 is 19.4 Å². The van der Waals surface area contributed by atoms with Crippen molar-refractivity contribution in [1.29, 1.82) is 0 Å². The second kappa shape index (κ2) is 7.79. The highest BCUT2D eigenvalue weighted by atomic mass is 16.5. The number of methoxy groups -OCH3 is 2. The van der Waals surface area contributed by atoms with Crippen molar-refractivity contribution in [2.45, 2.75) is 13.0 Å². The van der Waals surface area contributed by atoms with Gasteiger partial charge in [0, 0.05) is 18.5 Å². The fourth-order valence-electron chi connectivity index (χ4n) is 3.48. The lowest BCUT2D eigenvalue weighted by atomic mass is 10.0. The predicted molar refractivity (Wildman–Crippen MR) is 108 cm³/mol. The van der Waals surface area contributed by atoms with Crippen LogP contribution in [0.3, 0.4) is 0 Å². The molecule has 0 bridgehead atoms. The van der Waals surface area contributed by atoms with Crippen molar-refractivity contribution in [1.82, 2.24) is 14.9 Å². The van der Waals surface area contributed by atoms with Gasteiger partial charge in [-0.1, -0.05) is 12.1 Å². The number of nitrogens with one attached hydrogen (secondary N) is 1. The van der Waals surface area contributed by atoms with Gasteiger partial charge in [0.2, 0.25) is 0 Å².